The second-order valence-corrected chi connectivity index (χ2v) is 8.30. The maximum Gasteiger partial charge on any atom is 0.234 e. The van der Waals surface area contributed by atoms with Gasteiger partial charge in [-0.15, -0.1) is 5.10 Å². The van der Waals surface area contributed by atoms with Crippen molar-refractivity contribution >= 4 is 58.5 Å². The van der Waals surface area contributed by atoms with E-state index in [1.165, 1.54) is 23.1 Å². The molecule has 0 radical (unpaired) electrons. The number of anilines is 1. The van der Waals surface area contributed by atoms with E-state index in [2.05, 4.69) is 10.4 Å². The average molecular weight is 419 g/mol. The van der Waals surface area contributed by atoms with E-state index in [9.17, 15) is 4.79 Å². The molecular formula is C17H11ClN4OS3. The van der Waals surface area contributed by atoms with Gasteiger partial charge in [-0.3, -0.25) is 4.79 Å². The van der Waals surface area contributed by atoms with Crippen molar-refractivity contribution in [3.05, 3.63) is 63.1 Å². The minimum Gasteiger partial charge on any atom is -0.324 e. The van der Waals surface area contributed by atoms with Gasteiger partial charge in [0.25, 0.3) is 0 Å². The van der Waals surface area contributed by atoms with Crippen molar-refractivity contribution in [1.82, 2.24) is 9.78 Å². The number of aromatic nitrogens is 2. The molecular weight excluding hydrogens is 408 g/mol. The number of halogens is 1. The maximum absolute atomic E-state index is 12.2. The molecule has 1 amide bonds. The van der Waals surface area contributed by atoms with Crippen molar-refractivity contribution in [1.29, 1.82) is 5.26 Å². The van der Waals surface area contributed by atoms with Gasteiger partial charge < -0.3 is 5.32 Å². The number of nitriles is 1. The summed E-state index contributed by atoms with van der Waals surface area (Å²) in [5, 5.41) is 16.7. The van der Waals surface area contributed by atoms with Gasteiger partial charge in [-0.2, -0.15) is 5.26 Å². The van der Waals surface area contributed by atoms with Crippen molar-refractivity contribution in [2.45, 2.75) is 4.34 Å². The Kier molecular flexibility index (Phi) is 6.06. The minimum atomic E-state index is -0.249. The lowest BCUT2D eigenvalue weighted by molar-refractivity contribution is -0.113. The quantitative estimate of drug-likeness (QED) is 0.470. The summed E-state index contributed by atoms with van der Waals surface area (Å²) in [7, 11) is 0. The number of rotatable bonds is 5. The summed E-state index contributed by atoms with van der Waals surface area (Å²) < 4.78 is 2.98. The zero-order chi connectivity index (χ0) is 18.5. The van der Waals surface area contributed by atoms with E-state index in [0.717, 1.165) is 5.69 Å². The Morgan fingerprint density at radius 2 is 2.12 bits per heavy atom. The number of thioether (sulfide) groups is 1. The second-order valence-electron chi connectivity index (χ2n) is 5.02. The Balaban J connectivity index is 1.67. The lowest BCUT2D eigenvalue weighted by Crippen LogP contribution is -2.15. The third-order valence-corrected chi connectivity index (χ3v) is 5.83. The fourth-order valence-corrected chi connectivity index (χ4v) is 4.42. The van der Waals surface area contributed by atoms with Crippen LogP contribution in [-0.4, -0.2) is 21.4 Å². The summed E-state index contributed by atoms with van der Waals surface area (Å²) in [5.74, 6) is -0.102. The molecule has 1 aromatic heterocycles. The predicted molar refractivity (Wildman–Crippen MR) is 108 cm³/mol. The Labute approximate surface area is 168 Å². The molecule has 2 aromatic carbocycles. The van der Waals surface area contributed by atoms with Gasteiger partial charge in [0, 0.05) is 5.02 Å². The molecule has 1 N–H and O–H groups in total. The van der Waals surface area contributed by atoms with Crippen molar-refractivity contribution in [3.63, 3.8) is 0 Å². The molecule has 1 heterocycles. The summed E-state index contributed by atoms with van der Waals surface area (Å²) in [5.41, 5.74) is 1.63. The van der Waals surface area contributed by atoms with Crippen LogP contribution in [0.2, 0.25) is 5.02 Å². The highest BCUT2D eigenvalue weighted by Crippen LogP contribution is 2.25. The molecule has 0 aliphatic carbocycles. The zero-order valence-corrected chi connectivity index (χ0v) is 16.4. The van der Waals surface area contributed by atoms with Crippen molar-refractivity contribution in [2.24, 2.45) is 0 Å². The van der Waals surface area contributed by atoms with E-state index in [4.69, 9.17) is 29.1 Å². The molecule has 0 fully saturated rings. The van der Waals surface area contributed by atoms with Crippen molar-refractivity contribution < 1.29 is 4.79 Å². The highest BCUT2D eigenvalue weighted by atomic mass is 35.5. The summed E-state index contributed by atoms with van der Waals surface area (Å²) in [4.78, 5) is 12.2. The Bertz CT molecular complexity index is 1040. The van der Waals surface area contributed by atoms with Crippen LogP contribution in [0.1, 0.15) is 5.56 Å². The van der Waals surface area contributed by atoms with Crippen LogP contribution < -0.4 is 5.32 Å². The fraction of sp³-hybridized carbons (Fsp3) is 0.0588. The molecule has 26 heavy (non-hydrogen) atoms. The van der Waals surface area contributed by atoms with Crippen LogP contribution in [0.15, 0.2) is 52.9 Å². The number of para-hydroxylation sites is 1. The van der Waals surface area contributed by atoms with Crippen LogP contribution in [0.3, 0.4) is 0 Å². The van der Waals surface area contributed by atoms with Crippen LogP contribution in [0.5, 0.6) is 0 Å². The van der Waals surface area contributed by atoms with E-state index in [1.807, 2.05) is 36.4 Å². The number of hydrogen-bond donors (Lipinski definition) is 1. The topological polar surface area (TPSA) is 70.7 Å². The summed E-state index contributed by atoms with van der Waals surface area (Å²) in [6, 6.07) is 16.3. The molecule has 0 saturated heterocycles. The molecule has 0 atom stereocenters. The van der Waals surface area contributed by atoms with Gasteiger partial charge in [0.15, 0.2) is 8.29 Å². The third-order valence-electron chi connectivity index (χ3n) is 3.23. The zero-order valence-electron chi connectivity index (χ0n) is 13.2. The lowest BCUT2D eigenvalue weighted by Gasteiger charge is -2.06. The third kappa shape index (κ3) is 4.51. The highest BCUT2D eigenvalue weighted by Gasteiger charge is 2.11. The molecule has 0 aliphatic heterocycles. The van der Waals surface area contributed by atoms with Gasteiger partial charge >= 0.3 is 0 Å². The van der Waals surface area contributed by atoms with Gasteiger partial charge in [-0.25, -0.2) is 4.68 Å². The average Bonchev–Trinajstić information content (AvgIpc) is 3.02. The van der Waals surface area contributed by atoms with Crippen LogP contribution in [0.4, 0.5) is 5.69 Å². The number of amides is 1. The SMILES string of the molecule is N#Cc1ccc(Cl)cc1NC(=O)CSc1nn(-c2ccccc2)c(=S)s1. The van der Waals surface area contributed by atoms with Gasteiger partial charge in [0.2, 0.25) is 5.91 Å². The van der Waals surface area contributed by atoms with Gasteiger partial charge in [0.05, 0.1) is 22.7 Å². The first-order valence-electron chi connectivity index (χ1n) is 7.34. The smallest absolute Gasteiger partial charge is 0.234 e. The van der Waals surface area contributed by atoms with Gasteiger partial charge in [0.1, 0.15) is 6.07 Å². The molecule has 0 unspecified atom stereocenters. The number of hydrogen-bond acceptors (Lipinski definition) is 6. The fourth-order valence-electron chi connectivity index (χ4n) is 2.08. The number of benzene rings is 2. The van der Waals surface area contributed by atoms with E-state index in [0.29, 0.717) is 24.6 Å². The summed E-state index contributed by atoms with van der Waals surface area (Å²) >= 11 is 13.9. The number of nitrogens with one attached hydrogen (secondary N) is 1. The van der Waals surface area contributed by atoms with Gasteiger partial charge in [-0.1, -0.05) is 52.9 Å². The Morgan fingerprint density at radius 3 is 2.85 bits per heavy atom. The lowest BCUT2D eigenvalue weighted by atomic mass is 10.2. The van der Waals surface area contributed by atoms with Crippen molar-refractivity contribution in [2.75, 3.05) is 11.1 Å². The molecule has 0 saturated carbocycles. The number of carbonyl (C=O) groups is 1. The Hall–Kier alpha value is -2.18. The van der Waals surface area contributed by atoms with Crippen LogP contribution >= 0.6 is 46.9 Å². The molecule has 0 spiro atoms. The molecule has 5 nitrogen and oxygen atoms in total. The van der Waals surface area contributed by atoms with Crippen LogP contribution in [-0.2, 0) is 4.79 Å². The molecule has 0 aliphatic rings. The number of nitrogens with zero attached hydrogens (tertiary/aromatic N) is 3. The van der Waals surface area contributed by atoms with Crippen molar-refractivity contribution in [3.8, 4) is 11.8 Å². The maximum atomic E-state index is 12.2. The first kappa shape index (κ1) is 18.6. The molecule has 3 rings (SSSR count). The predicted octanol–water partition coefficient (Wildman–Crippen LogP) is 4.92. The van der Waals surface area contributed by atoms with E-state index in [1.54, 1.807) is 22.9 Å². The Morgan fingerprint density at radius 1 is 1.35 bits per heavy atom. The summed E-state index contributed by atoms with van der Waals surface area (Å²) in [6.45, 7) is 0. The van der Waals surface area contributed by atoms with Crippen LogP contribution in [0.25, 0.3) is 5.69 Å². The largest absolute Gasteiger partial charge is 0.324 e. The standard InChI is InChI=1S/C17H11ClN4OS3/c18-12-7-6-11(9-19)14(8-12)20-15(23)10-25-16-21-22(17(24)26-16)13-4-2-1-3-5-13/h1-8H,10H2,(H,20,23). The normalized spacial score (nSPS) is 10.3. The van der Waals surface area contributed by atoms with Crippen LogP contribution in [0, 0.1) is 15.3 Å². The molecule has 9 heteroatoms. The van der Waals surface area contributed by atoms with E-state index < -0.39 is 0 Å². The molecule has 0 bridgehead atoms. The second kappa shape index (κ2) is 8.47. The first-order valence-corrected chi connectivity index (χ1v) is 9.93. The van der Waals surface area contributed by atoms with Gasteiger partial charge in [-0.05, 0) is 42.5 Å². The molecule has 130 valence electrons. The highest BCUT2D eigenvalue weighted by molar-refractivity contribution is 8.01. The molecule has 3 aromatic rings. The van der Waals surface area contributed by atoms with E-state index >= 15 is 0 Å². The number of carbonyl (C=O) groups excluding carboxylic acids is 1. The first-order chi connectivity index (χ1) is 12.6. The van der Waals surface area contributed by atoms with E-state index in [-0.39, 0.29) is 11.7 Å². The summed E-state index contributed by atoms with van der Waals surface area (Å²) in [6.07, 6.45) is 0. The monoisotopic (exact) mass is 418 g/mol. The minimum absolute atomic E-state index is 0.147.